The fourth-order valence-corrected chi connectivity index (χ4v) is 3.19. The van der Waals surface area contributed by atoms with E-state index in [9.17, 15) is 5.11 Å². The second-order valence-electron chi connectivity index (χ2n) is 6.19. The topological polar surface area (TPSA) is 102 Å². The van der Waals surface area contributed by atoms with E-state index in [4.69, 9.17) is 5.73 Å². The first-order chi connectivity index (χ1) is 10.2. The van der Waals surface area contributed by atoms with Crippen molar-refractivity contribution in [1.29, 1.82) is 0 Å². The summed E-state index contributed by atoms with van der Waals surface area (Å²) >= 11 is 0. The molecule has 7 nitrogen and oxygen atoms in total. The Kier molecular flexibility index (Phi) is 2.95. The van der Waals surface area contributed by atoms with E-state index in [1.807, 2.05) is 6.33 Å². The SMILES string of the molecule is Nc1nc(NC2CC2)c2ncn([C@H]3CC[C@@H](CO)C3)c2n1. The summed E-state index contributed by atoms with van der Waals surface area (Å²) in [7, 11) is 0. The molecule has 4 rings (SSSR count). The number of hydrogen-bond acceptors (Lipinski definition) is 6. The summed E-state index contributed by atoms with van der Waals surface area (Å²) in [4.78, 5) is 13.2. The Morgan fingerprint density at radius 2 is 2.14 bits per heavy atom. The minimum atomic E-state index is 0.259. The minimum absolute atomic E-state index is 0.259. The van der Waals surface area contributed by atoms with Crippen LogP contribution >= 0.6 is 0 Å². The summed E-state index contributed by atoms with van der Waals surface area (Å²) in [6, 6.07) is 0.841. The lowest BCUT2D eigenvalue weighted by atomic mass is 10.1. The van der Waals surface area contributed by atoms with E-state index in [-0.39, 0.29) is 12.6 Å². The molecule has 112 valence electrons. The molecule has 2 saturated carbocycles. The standard InChI is InChI=1S/C14H20N6O/c15-14-18-12(17-9-2-3-9)11-13(19-14)20(7-16-11)10-4-1-8(5-10)6-21/h7-10,21H,1-6H2,(H3,15,17,18,19)/t8-,10+/m1/s1. The predicted molar refractivity (Wildman–Crippen MR) is 79.8 cm³/mol. The van der Waals surface area contributed by atoms with Crippen molar-refractivity contribution in [2.24, 2.45) is 5.92 Å². The average Bonchev–Trinajstić information content (AvgIpc) is 3.01. The maximum atomic E-state index is 9.31. The highest BCUT2D eigenvalue weighted by molar-refractivity contribution is 5.84. The summed E-state index contributed by atoms with van der Waals surface area (Å²) in [5, 5.41) is 12.7. The third kappa shape index (κ3) is 2.31. The molecular weight excluding hydrogens is 268 g/mol. The van der Waals surface area contributed by atoms with E-state index in [2.05, 4.69) is 24.8 Å². The smallest absolute Gasteiger partial charge is 0.224 e. The first-order valence-corrected chi connectivity index (χ1v) is 7.62. The zero-order valence-electron chi connectivity index (χ0n) is 11.9. The molecule has 0 radical (unpaired) electrons. The Morgan fingerprint density at radius 3 is 2.86 bits per heavy atom. The van der Waals surface area contributed by atoms with Gasteiger partial charge >= 0.3 is 0 Å². The number of aliphatic hydroxyl groups is 1. The van der Waals surface area contributed by atoms with Crippen LogP contribution in [0.4, 0.5) is 11.8 Å². The molecule has 4 N–H and O–H groups in total. The van der Waals surface area contributed by atoms with Gasteiger partial charge in [-0.25, -0.2) is 4.98 Å². The lowest BCUT2D eigenvalue weighted by molar-refractivity contribution is 0.226. The van der Waals surface area contributed by atoms with Crippen molar-refractivity contribution in [2.75, 3.05) is 17.7 Å². The van der Waals surface area contributed by atoms with Crippen molar-refractivity contribution < 1.29 is 5.11 Å². The van der Waals surface area contributed by atoms with Crippen molar-refractivity contribution in [3.8, 4) is 0 Å². The van der Waals surface area contributed by atoms with Crippen molar-refractivity contribution in [3.63, 3.8) is 0 Å². The Bertz CT molecular complexity index is 665. The third-order valence-electron chi connectivity index (χ3n) is 4.52. The van der Waals surface area contributed by atoms with Gasteiger partial charge in [-0.05, 0) is 38.0 Å². The molecule has 2 aliphatic rings. The van der Waals surface area contributed by atoms with Gasteiger partial charge in [-0.15, -0.1) is 0 Å². The molecule has 2 aromatic heterocycles. The van der Waals surface area contributed by atoms with Crippen LogP contribution in [0.2, 0.25) is 0 Å². The van der Waals surface area contributed by atoms with Crippen LogP contribution in [0.15, 0.2) is 6.33 Å². The number of nitrogen functional groups attached to an aromatic ring is 1. The van der Waals surface area contributed by atoms with Crippen molar-refractivity contribution in [3.05, 3.63) is 6.33 Å². The molecule has 21 heavy (non-hydrogen) atoms. The Hall–Kier alpha value is -1.89. The first-order valence-electron chi connectivity index (χ1n) is 7.62. The van der Waals surface area contributed by atoms with Gasteiger partial charge in [-0.2, -0.15) is 9.97 Å². The molecule has 0 bridgehead atoms. The van der Waals surface area contributed by atoms with Crippen LogP contribution in [0.3, 0.4) is 0 Å². The average molecular weight is 288 g/mol. The molecule has 0 aliphatic heterocycles. The van der Waals surface area contributed by atoms with E-state index in [0.717, 1.165) is 36.2 Å². The van der Waals surface area contributed by atoms with Crippen molar-refractivity contribution >= 4 is 22.9 Å². The highest BCUT2D eigenvalue weighted by Gasteiger charge is 2.28. The van der Waals surface area contributed by atoms with Crippen LogP contribution < -0.4 is 11.1 Å². The van der Waals surface area contributed by atoms with Crippen LogP contribution in [0, 0.1) is 5.92 Å². The largest absolute Gasteiger partial charge is 0.396 e. The lowest BCUT2D eigenvalue weighted by Crippen LogP contribution is -2.10. The second-order valence-corrected chi connectivity index (χ2v) is 6.19. The number of imidazole rings is 1. The monoisotopic (exact) mass is 288 g/mol. The molecule has 2 aromatic rings. The molecule has 0 spiro atoms. The van der Waals surface area contributed by atoms with Gasteiger partial charge in [0, 0.05) is 18.7 Å². The maximum Gasteiger partial charge on any atom is 0.224 e. The second kappa shape index (κ2) is 4.84. The van der Waals surface area contributed by atoms with Crippen LogP contribution in [0.5, 0.6) is 0 Å². The Balaban J connectivity index is 1.71. The summed E-state index contributed by atoms with van der Waals surface area (Å²) in [6.07, 6.45) is 7.25. The number of hydrogen-bond donors (Lipinski definition) is 3. The minimum Gasteiger partial charge on any atom is -0.396 e. The molecule has 0 amide bonds. The maximum absolute atomic E-state index is 9.31. The first kappa shape index (κ1) is 12.8. The molecule has 0 aromatic carbocycles. The third-order valence-corrected chi connectivity index (χ3v) is 4.52. The molecule has 2 heterocycles. The molecule has 0 unspecified atom stereocenters. The van der Waals surface area contributed by atoms with Gasteiger partial charge in [-0.3, -0.25) is 0 Å². The lowest BCUT2D eigenvalue weighted by Gasteiger charge is -2.13. The van der Waals surface area contributed by atoms with Crippen molar-refractivity contribution in [2.45, 2.75) is 44.2 Å². The fourth-order valence-electron chi connectivity index (χ4n) is 3.19. The van der Waals surface area contributed by atoms with Gasteiger partial charge in [0.05, 0.1) is 6.33 Å². The van der Waals surface area contributed by atoms with Gasteiger partial charge in [0.2, 0.25) is 5.95 Å². The number of fused-ring (bicyclic) bond motifs is 1. The normalized spacial score (nSPS) is 25.6. The summed E-state index contributed by atoms with van der Waals surface area (Å²) < 4.78 is 2.10. The van der Waals surface area contributed by atoms with Gasteiger partial charge in [0.15, 0.2) is 17.0 Å². The molecule has 7 heteroatoms. The van der Waals surface area contributed by atoms with Gasteiger partial charge in [0.1, 0.15) is 0 Å². The van der Waals surface area contributed by atoms with Gasteiger partial charge in [0.25, 0.3) is 0 Å². The molecule has 2 atom stereocenters. The highest BCUT2D eigenvalue weighted by atomic mass is 16.3. The Morgan fingerprint density at radius 1 is 1.29 bits per heavy atom. The summed E-state index contributed by atoms with van der Waals surface area (Å²) in [5.74, 6) is 1.41. The number of nitrogens with one attached hydrogen (secondary N) is 1. The summed E-state index contributed by atoms with van der Waals surface area (Å²) in [5.41, 5.74) is 7.45. The van der Waals surface area contributed by atoms with Crippen LogP contribution in [-0.2, 0) is 0 Å². The van der Waals surface area contributed by atoms with Crippen LogP contribution in [-0.4, -0.2) is 37.3 Å². The number of aromatic nitrogens is 4. The van der Waals surface area contributed by atoms with Crippen LogP contribution in [0.25, 0.3) is 11.2 Å². The molecule has 2 aliphatic carbocycles. The zero-order valence-corrected chi connectivity index (χ0v) is 11.9. The van der Waals surface area contributed by atoms with E-state index in [1.165, 1.54) is 12.8 Å². The van der Waals surface area contributed by atoms with E-state index < -0.39 is 0 Å². The van der Waals surface area contributed by atoms with E-state index in [0.29, 0.717) is 18.0 Å². The number of nitrogens with zero attached hydrogens (tertiary/aromatic N) is 4. The highest BCUT2D eigenvalue weighted by Crippen LogP contribution is 2.36. The van der Waals surface area contributed by atoms with Gasteiger partial charge < -0.3 is 20.7 Å². The zero-order chi connectivity index (χ0) is 14.4. The number of anilines is 2. The van der Waals surface area contributed by atoms with E-state index >= 15 is 0 Å². The summed E-state index contributed by atoms with van der Waals surface area (Å²) in [6.45, 7) is 0.259. The molecular formula is C14H20N6O. The predicted octanol–water partition coefficient (Wildman–Crippen LogP) is 1.32. The number of rotatable bonds is 4. The fraction of sp³-hybridized carbons (Fsp3) is 0.643. The quantitative estimate of drug-likeness (QED) is 0.784. The van der Waals surface area contributed by atoms with Gasteiger partial charge in [-0.1, -0.05) is 0 Å². The Labute approximate surface area is 122 Å². The van der Waals surface area contributed by atoms with E-state index in [1.54, 1.807) is 0 Å². The van der Waals surface area contributed by atoms with Crippen molar-refractivity contribution in [1.82, 2.24) is 19.5 Å². The number of nitrogens with two attached hydrogens (primary N) is 1. The van der Waals surface area contributed by atoms with Crippen LogP contribution in [0.1, 0.15) is 38.1 Å². The molecule has 2 fully saturated rings. The molecule has 0 saturated heterocycles. The number of aliphatic hydroxyl groups excluding tert-OH is 1.